The van der Waals surface area contributed by atoms with Gasteiger partial charge in [-0.3, -0.25) is 0 Å². The van der Waals surface area contributed by atoms with Gasteiger partial charge in [0.15, 0.2) is 0 Å². The van der Waals surface area contributed by atoms with Gasteiger partial charge < -0.3 is 9.80 Å². The quantitative estimate of drug-likeness (QED) is 0.559. The predicted molar refractivity (Wildman–Crippen MR) is 49.0 cm³/mol. The standard InChI is InChI=1S/C10H18N2/c1-11(2)9-7-4-6-5-12(3)10(9)8(6)7/h6-10H,4-5H2,1-3H3/t6-,7?,8+,9+,10+/m1/s1. The first-order chi connectivity index (χ1) is 5.70. The van der Waals surface area contributed by atoms with Crippen molar-refractivity contribution in [3.8, 4) is 0 Å². The molecule has 0 aromatic heterocycles. The summed E-state index contributed by atoms with van der Waals surface area (Å²) in [4.78, 5) is 5.02. The van der Waals surface area contributed by atoms with Gasteiger partial charge in [-0.2, -0.15) is 0 Å². The lowest BCUT2D eigenvalue weighted by molar-refractivity contribution is -0.102. The molecule has 5 atom stereocenters. The molecule has 0 spiro atoms. The third-order valence-corrected chi connectivity index (χ3v) is 4.42. The lowest BCUT2D eigenvalue weighted by atomic mass is 9.50. The van der Waals surface area contributed by atoms with E-state index in [2.05, 4.69) is 30.9 Å². The molecule has 68 valence electrons. The lowest BCUT2D eigenvalue weighted by Crippen LogP contribution is -2.68. The molecular formula is C10H18N2. The molecule has 3 fully saturated rings. The average molecular weight is 166 g/mol. The van der Waals surface area contributed by atoms with Crippen LogP contribution in [-0.4, -0.2) is 49.6 Å². The molecule has 2 heteroatoms. The van der Waals surface area contributed by atoms with E-state index in [0.717, 1.165) is 29.8 Å². The minimum atomic E-state index is 0.874. The van der Waals surface area contributed by atoms with Crippen molar-refractivity contribution in [1.29, 1.82) is 0 Å². The van der Waals surface area contributed by atoms with Gasteiger partial charge in [0.2, 0.25) is 0 Å². The van der Waals surface area contributed by atoms with E-state index in [1.165, 1.54) is 13.0 Å². The fourth-order valence-electron chi connectivity index (χ4n) is 3.98. The molecule has 2 nitrogen and oxygen atoms in total. The first kappa shape index (κ1) is 7.34. The summed E-state index contributed by atoms with van der Waals surface area (Å²) < 4.78 is 0. The highest BCUT2D eigenvalue weighted by atomic mass is 15.3. The van der Waals surface area contributed by atoms with E-state index in [0.29, 0.717) is 0 Å². The summed E-state index contributed by atoms with van der Waals surface area (Å²) in [6.07, 6.45) is 1.51. The van der Waals surface area contributed by atoms with E-state index in [1.807, 2.05) is 0 Å². The minimum Gasteiger partial charge on any atom is -0.305 e. The largest absolute Gasteiger partial charge is 0.305 e. The second-order valence-electron chi connectivity index (χ2n) is 5.12. The molecule has 1 aliphatic heterocycles. The number of likely N-dealkylation sites (N-methyl/N-ethyl adjacent to an activating group) is 2. The van der Waals surface area contributed by atoms with Gasteiger partial charge in [-0.1, -0.05) is 0 Å². The molecule has 0 bridgehead atoms. The summed E-state index contributed by atoms with van der Waals surface area (Å²) in [5.41, 5.74) is 0. The van der Waals surface area contributed by atoms with E-state index in [1.54, 1.807) is 0 Å². The van der Waals surface area contributed by atoms with Crippen LogP contribution in [0.15, 0.2) is 0 Å². The molecule has 0 aromatic rings. The van der Waals surface area contributed by atoms with Crippen LogP contribution in [0.5, 0.6) is 0 Å². The van der Waals surface area contributed by atoms with Crippen LogP contribution in [0, 0.1) is 17.8 Å². The van der Waals surface area contributed by atoms with Crippen molar-refractivity contribution in [2.75, 3.05) is 27.7 Å². The van der Waals surface area contributed by atoms with Crippen molar-refractivity contribution < 1.29 is 0 Å². The molecule has 0 aromatic carbocycles. The van der Waals surface area contributed by atoms with Crippen molar-refractivity contribution in [1.82, 2.24) is 9.80 Å². The maximum absolute atomic E-state index is 2.59. The zero-order valence-electron chi connectivity index (χ0n) is 8.20. The van der Waals surface area contributed by atoms with Crippen LogP contribution >= 0.6 is 0 Å². The number of likely N-dealkylation sites (tertiary alicyclic amines) is 1. The van der Waals surface area contributed by atoms with Crippen molar-refractivity contribution >= 4 is 0 Å². The molecule has 1 unspecified atom stereocenters. The Morgan fingerprint density at radius 3 is 2.75 bits per heavy atom. The highest BCUT2D eigenvalue weighted by Crippen LogP contribution is 2.61. The van der Waals surface area contributed by atoms with Gasteiger partial charge in [-0.15, -0.1) is 0 Å². The second kappa shape index (κ2) is 2.05. The Balaban J connectivity index is 1.84. The maximum Gasteiger partial charge on any atom is 0.0285 e. The summed E-state index contributed by atoms with van der Waals surface area (Å²) in [5, 5.41) is 0. The molecule has 3 rings (SSSR count). The van der Waals surface area contributed by atoms with Crippen molar-refractivity contribution in [3.63, 3.8) is 0 Å². The monoisotopic (exact) mass is 166 g/mol. The summed E-state index contributed by atoms with van der Waals surface area (Å²) in [6.45, 7) is 1.37. The molecular weight excluding hydrogens is 148 g/mol. The third kappa shape index (κ3) is 0.612. The Hall–Kier alpha value is -0.0800. The van der Waals surface area contributed by atoms with Gasteiger partial charge in [0.25, 0.3) is 0 Å². The van der Waals surface area contributed by atoms with E-state index < -0.39 is 0 Å². The number of hydrogen-bond acceptors (Lipinski definition) is 2. The molecule has 1 saturated heterocycles. The van der Waals surface area contributed by atoms with Crippen LogP contribution in [0.25, 0.3) is 0 Å². The minimum absolute atomic E-state index is 0.874. The van der Waals surface area contributed by atoms with Gasteiger partial charge in [0.05, 0.1) is 0 Å². The van der Waals surface area contributed by atoms with Crippen molar-refractivity contribution in [2.45, 2.75) is 18.5 Å². The first-order valence-corrected chi connectivity index (χ1v) is 5.07. The number of rotatable bonds is 1. The zero-order valence-corrected chi connectivity index (χ0v) is 8.20. The fourth-order valence-corrected chi connectivity index (χ4v) is 3.98. The zero-order chi connectivity index (χ0) is 8.46. The molecule has 0 radical (unpaired) electrons. The molecule has 0 amide bonds. The third-order valence-electron chi connectivity index (χ3n) is 4.42. The molecule has 2 saturated carbocycles. The topological polar surface area (TPSA) is 6.48 Å². The highest BCUT2D eigenvalue weighted by molar-refractivity contribution is 5.19. The summed E-state index contributed by atoms with van der Waals surface area (Å²) >= 11 is 0. The molecule has 0 N–H and O–H groups in total. The maximum atomic E-state index is 2.59. The predicted octanol–water partition coefficient (Wildman–Crippen LogP) is 0.496. The van der Waals surface area contributed by atoms with Crippen molar-refractivity contribution in [3.05, 3.63) is 0 Å². The smallest absolute Gasteiger partial charge is 0.0285 e. The Morgan fingerprint density at radius 2 is 2.08 bits per heavy atom. The highest BCUT2D eigenvalue weighted by Gasteiger charge is 2.66. The van der Waals surface area contributed by atoms with Crippen LogP contribution in [0.3, 0.4) is 0 Å². The number of hydrogen-bond donors (Lipinski definition) is 0. The van der Waals surface area contributed by atoms with Crippen LogP contribution < -0.4 is 0 Å². The van der Waals surface area contributed by atoms with Crippen LogP contribution in [0.2, 0.25) is 0 Å². The lowest BCUT2D eigenvalue weighted by Gasteiger charge is -2.61. The van der Waals surface area contributed by atoms with Gasteiger partial charge in [0, 0.05) is 18.6 Å². The van der Waals surface area contributed by atoms with Gasteiger partial charge in [0.1, 0.15) is 0 Å². The van der Waals surface area contributed by atoms with E-state index in [9.17, 15) is 0 Å². The number of nitrogens with zero attached hydrogens (tertiary/aromatic N) is 2. The molecule has 3 aliphatic rings. The average Bonchev–Trinajstić information content (AvgIpc) is 2.14. The molecule has 1 heterocycles. The second-order valence-corrected chi connectivity index (χ2v) is 5.12. The Bertz CT molecular complexity index is 214. The fraction of sp³-hybridized carbons (Fsp3) is 1.00. The molecule has 12 heavy (non-hydrogen) atoms. The van der Waals surface area contributed by atoms with E-state index in [-0.39, 0.29) is 0 Å². The van der Waals surface area contributed by atoms with Crippen LogP contribution in [0.1, 0.15) is 6.42 Å². The Labute approximate surface area is 74.5 Å². The first-order valence-electron chi connectivity index (χ1n) is 5.07. The van der Waals surface area contributed by atoms with Crippen LogP contribution in [-0.2, 0) is 0 Å². The summed E-state index contributed by atoms with van der Waals surface area (Å²) in [5.74, 6) is 3.21. The summed E-state index contributed by atoms with van der Waals surface area (Å²) in [7, 11) is 6.77. The van der Waals surface area contributed by atoms with Gasteiger partial charge in [-0.05, 0) is 45.3 Å². The SMILES string of the molecule is CN(C)[C@H]1C2C[C@@H]3CN(C)[C@H]1[C@H]23. The Morgan fingerprint density at radius 1 is 1.33 bits per heavy atom. The van der Waals surface area contributed by atoms with E-state index >= 15 is 0 Å². The van der Waals surface area contributed by atoms with Gasteiger partial charge >= 0.3 is 0 Å². The summed E-state index contributed by atoms with van der Waals surface area (Å²) in [6, 6.07) is 1.78. The molecule has 2 aliphatic carbocycles. The van der Waals surface area contributed by atoms with E-state index in [4.69, 9.17) is 0 Å². The van der Waals surface area contributed by atoms with Crippen molar-refractivity contribution in [2.24, 2.45) is 17.8 Å². The van der Waals surface area contributed by atoms with Gasteiger partial charge in [-0.25, -0.2) is 0 Å². The Kier molecular flexibility index (Phi) is 1.25. The normalized spacial score (nSPS) is 56.5. The van der Waals surface area contributed by atoms with Crippen LogP contribution in [0.4, 0.5) is 0 Å².